The van der Waals surface area contributed by atoms with Crippen molar-refractivity contribution in [1.29, 1.82) is 0 Å². The lowest BCUT2D eigenvalue weighted by Gasteiger charge is -2.37. The molecular formula is C15H24N4O3S. The zero-order valence-electron chi connectivity index (χ0n) is 13.5. The van der Waals surface area contributed by atoms with Crippen molar-refractivity contribution in [1.82, 2.24) is 20.0 Å². The highest BCUT2D eigenvalue weighted by Crippen LogP contribution is 2.19. The molecule has 1 amide bonds. The standard InChI is InChI=1S/C15H24N4O3S/c1-2-3-12-10-14(17-16-12)15(20)19-7-5-18(6-8-19)13-4-9-23(21,22)11-13/h10,13H,2-9,11H2,1H3,(H,16,17)/t13-/m0/s1. The fourth-order valence-corrected chi connectivity index (χ4v) is 5.15. The van der Waals surface area contributed by atoms with Crippen molar-refractivity contribution < 1.29 is 13.2 Å². The molecule has 1 aromatic heterocycles. The molecule has 1 aromatic rings. The summed E-state index contributed by atoms with van der Waals surface area (Å²) in [5.74, 6) is 0.521. The van der Waals surface area contributed by atoms with E-state index in [4.69, 9.17) is 0 Å². The highest BCUT2D eigenvalue weighted by atomic mass is 32.2. The van der Waals surface area contributed by atoms with E-state index in [9.17, 15) is 13.2 Å². The van der Waals surface area contributed by atoms with Gasteiger partial charge in [0.2, 0.25) is 0 Å². The van der Waals surface area contributed by atoms with E-state index < -0.39 is 9.84 Å². The van der Waals surface area contributed by atoms with Crippen LogP contribution in [-0.2, 0) is 16.3 Å². The summed E-state index contributed by atoms with van der Waals surface area (Å²) in [5.41, 5.74) is 1.47. The van der Waals surface area contributed by atoms with Crippen LogP contribution in [0, 0.1) is 0 Å². The predicted octanol–water partition coefficient (Wildman–Crippen LogP) is 0.307. The van der Waals surface area contributed by atoms with Gasteiger partial charge < -0.3 is 4.90 Å². The first kappa shape index (κ1) is 16.4. The van der Waals surface area contributed by atoms with Crippen LogP contribution in [0.3, 0.4) is 0 Å². The fourth-order valence-electron chi connectivity index (χ4n) is 3.38. The Morgan fingerprint density at radius 2 is 2.09 bits per heavy atom. The first-order chi connectivity index (χ1) is 11.0. The van der Waals surface area contributed by atoms with Crippen molar-refractivity contribution in [3.8, 4) is 0 Å². The molecule has 23 heavy (non-hydrogen) atoms. The number of H-pyrrole nitrogens is 1. The van der Waals surface area contributed by atoms with Gasteiger partial charge in [-0.15, -0.1) is 0 Å². The van der Waals surface area contributed by atoms with E-state index in [2.05, 4.69) is 22.0 Å². The van der Waals surface area contributed by atoms with Crippen LogP contribution in [0.15, 0.2) is 6.07 Å². The van der Waals surface area contributed by atoms with E-state index in [1.807, 2.05) is 11.0 Å². The van der Waals surface area contributed by atoms with Crippen molar-refractivity contribution in [2.24, 2.45) is 0 Å². The monoisotopic (exact) mass is 340 g/mol. The van der Waals surface area contributed by atoms with Gasteiger partial charge in [-0.3, -0.25) is 14.8 Å². The van der Waals surface area contributed by atoms with Gasteiger partial charge in [0.15, 0.2) is 9.84 Å². The minimum absolute atomic E-state index is 0.0395. The van der Waals surface area contributed by atoms with E-state index >= 15 is 0 Å². The van der Waals surface area contributed by atoms with Crippen LogP contribution in [0.2, 0.25) is 0 Å². The largest absolute Gasteiger partial charge is 0.335 e. The molecule has 0 spiro atoms. The SMILES string of the molecule is CCCc1cc(C(=O)N2CCN([C@H]3CCS(=O)(=O)C3)CC2)n[nH]1. The van der Waals surface area contributed by atoms with Gasteiger partial charge in [-0.05, 0) is 18.9 Å². The maximum absolute atomic E-state index is 12.5. The van der Waals surface area contributed by atoms with E-state index in [-0.39, 0.29) is 17.7 Å². The molecule has 128 valence electrons. The molecule has 0 bridgehead atoms. The third kappa shape index (κ3) is 3.74. The predicted molar refractivity (Wildman–Crippen MR) is 87.1 cm³/mol. The third-order valence-corrected chi connectivity index (χ3v) is 6.45. The molecule has 2 saturated heterocycles. The fraction of sp³-hybridized carbons (Fsp3) is 0.733. The number of carbonyl (C=O) groups excluding carboxylic acids is 1. The van der Waals surface area contributed by atoms with Crippen LogP contribution in [0.1, 0.15) is 35.9 Å². The Bertz CT molecular complexity index is 662. The summed E-state index contributed by atoms with van der Waals surface area (Å²) < 4.78 is 23.2. The highest BCUT2D eigenvalue weighted by Gasteiger charge is 2.34. The molecule has 0 aromatic carbocycles. The molecule has 2 aliphatic rings. The molecule has 8 heteroatoms. The summed E-state index contributed by atoms with van der Waals surface area (Å²) in [4.78, 5) is 16.5. The number of nitrogens with one attached hydrogen (secondary N) is 1. The lowest BCUT2D eigenvalue weighted by molar-refractivity contribution is 0.0582. The van der Waals surface area contributed by atoms with Gasteiger partial charge in [-0.2, -0.15) is 5.10 Å². The van der Waals surface area contributed by atoms with Crippen LogP contribution in [-0.4, -0.2) is 78.0 Å². The number of aromatic amines is 1. The maximum Gasteiger partial charge on any atom is 0.274 e. The van der Waals surface area contributed by atoms with Gasteiger partial charge in [-0.1, -0.05) is 13.3 Å². The van der Waals surface area contributed by atoms with Crippen molar-refractivity contribution in [3.05, 3.63) is 17.5 Å². The van der Waals surface area contributed by atoms with Crippen LogP contribution in [0.4, 0.5) is 0 Å². The summed E-state index contributed by atoms with van der Waals surface area (Å²) >= 11 is 0. The molecule has 7 nitrogen and oxygen atoms in total. The molecular weight excluding hydrogens is 316 g/mol. The molecule has 0 aliphatic carbocycles. The lowest BCUT2D eigenvalue weighted by Crippen LogP contribution is -2.52. The van der Waals surface area contributed by atoms with E-state index in [0.717, 1.165) is 38.0 Å². The molecule has 3 heterocycles. The smallest absolute Gasteiger partial charge is 0.274 e. The quantitative estimate of drug-likeness (QED) is 0.852. The summed E-state index contributed by atoms with van der Waals surface area (Å²) in [6.07, 6.45) is 2.62. The minimum Gasteiger partial charge on any atom is -0.335 e. The summed E-state index contributed by atoms with van der Waals surface area (Å²) in [5, 5.41) is 7.03. The Kier molecular flexibility index (Phi) is 4.72. The van der Waals surface area contributed by atoms with Gasteiger partial charge >= 0.3 is 0 Å². The first-order valence-corrected chi connectivity index (χ1v) is 10.1. The van der Waals surface area contributed by atoms with Gasteiger partial charge in [0, 0.05) is 37.9 Å². The second kappa shape index (κ2) is 6.60. The van der Waals surface area contributed by atoms with E-state index in [1.165, 1.54) is 0 Å². The van der Waals surface area contributed by atoms with Gasteiger partial charge in [0.05, 0.1) is 11.5 Å². The first-order valence-electron chi connectivity index (χ1n) is 8.26. The van der Waals surface area contributed by atoms with Crippen LogP contribution >= 0.6 is 0 Å². The topological polar surface area (TPSA) is 86.4 Å². The molecule has 1 N–H and O–H groups in total. The van der Waals surface area contributed by atoms with Crippen LogP contribution in [0.5, 0.6) is 0 Å². The van der Waals surface area contributed by atoms with Crippen molar-refractivity contribution in [2.45, 2.75) is 32.2 Å². The van der Waals surface area contributed by atoms with Crippen molar-refractivity contribution in [2.75, 3.05) is 37.7 Å². The molecule has 2 aliphatic heterocycles. The van der Waals surface area contributed by atoms with Gasteiger partial charge in [0.25, 0.3) is 5.91 Å². The van der Waals surface area contributed by atoms with Crippen LogP contribution < -0.4 is 0 Å². The van der Waals surface area contributed by atoms with Gasteiger partial charge in [-0.25, -0.2) is 8.42 Å². The minimum atomic E-state index is -2.86. The maximum atomic E-state index is 12.5. The summed E-state index contributed by atoms with van der Waals surface area (Å²) in [7, 11) is -2.86. The van der Waals surface area contributed by atoms with Crippen LogP contribution in [0.25, 0.3) is 0 Å². The molecule has 0 radical (unpaired) electrons. The summed E-state index contributed by atoms with van der Waals surface area (Å²) in [6.45, 7) is 4.82. The number of carbonyl (C=O) groups is 1. The Hall–Kier alpha value is -1.41. The normalized spacial score (nSPS) is 24.9. The molecule has 0 saturated carbocycles. The number of sulfone groups is 1. The summed E-state index contributed by atoms with van der Waals surface area (Å²) in [6, 6.07) is 1.96. The number of piperazine rings is 1. The zero-order chi connectivity index (χ0) is 16.4. The van der Waals surface area contributed by atoms with Crippen molar-refractivity contribution >= 4 is 15.7 Å². The van der Waals surface area contributed by atoms with E-state index in [0.29, 0.717) is 24.5 Å². The molecule has 2 fully saturated rings. The zero-order valence-corrected chi connectivity index (χ0v) is 14.3. The Morgan fingerprint density at radius 1 is 1.35 bits per heavy atom. The molecule has 3 rings (SSSR count). The Balaban J connectivity index is 1.55. The number of aromatic nitrogens is 2. The highest BCUT2D eigenvalue weighted by molar-refractivity contribution is 7.91. The second-order valence-corrected chi connectivity index (χ2v) is 8.64. The number of amides is 1. The number of aryl methyl sites for hydroxylation is 1. The van der Waals surface area contributed by atoms with Crippen molar-refractivity contribution in [3.63, 3.8) is 0 Å². The number of nitrogens with zero attached hydrogens (tertiary/aromatic N) is 3. The second-order valence-electron chi connectivity index (χ2n) is 6.41. The molecule has 1 atom stereocenters. The average molecular weight is 340 g/mol. The number of rotatable bonds is 4. The Labute approximate surface area is 137 Å². The number of hydrogen-bond donors (Lipinski definition) is 1. The average Bonchev–Trinajstić information content (AvgIpc) is 3.14. The van der Waals surface area contributed by atoms with Gasteiger partial charge in [0.1, 0.15) is 5.69 Å². The lowest BCUT2D eigenvalue weighted by atomic mass is 10.2. The Morgan fingerprint density at radius 3 is 2.70 bits per heavy atom. The molecule has 0 unspecified atom stereocenters. The number of hydrogen-bond acceptors (Lipinski definition) is 5. The third-order valence-electron chi connectivity index (χ3n) is 4.70. The van der Waals surface area contributed by atoms with E-state index in [1.54, 1.807) is 0 Å².